The zero-order valence-electron chi connectivity index (χ0n) is 15.1. The molecule has 2 aliphatic heterocycles. The largest absolute Gasteiger partial charge is 0.381 e. The van der Waals surface area contributed by atoms with Crippen molar-refractivity contribution in [3.05, 3.63) is 30.3 Å². The summed E-state index contributed by atoms with van der Waals surface area (Å²) in [6, 6.07) is 8.99. The van der Waals surface area contributed by atoms with Crippen LogP contribution in [-0.4, -0.2) is 73.6 Å². The summed E-state index contributed by atoms with van der Waals surface area (Å²) >= 11 is 0. The van der Waals surface area contributed by atoms with Crippen molar-refractivity contribution >= 4 is 17.5 Å². The van der Waals surface area contributed by atoms with Crippen molar-refractivity contribution in [3.63, 3.8) is 0 Å². The fourth-order valence-corrected chi connectivity index (χ4v) is 3.54. The first-order valence-corrected chi connectivity index (χ1v) is 9.33. The van der Waals surface area contributed by atoms with Crippen LogP contribution in [0.5, 0.6) is 0 Å². The van der Waals surface area contributed by atoms with Gasteiger partial charge in [-0.05, 0) is 30.9 Å². The molecule has 0 bridgehead atoms. The highest BCUT2D eigenvalue weighted by atomic mass is 16.5. The third-order valence-corrected chi connectivity index (χ3v) is 5.17. The number of anilines is 1. The highest BCUT2D eigenvalue weighted by Crippen LogP contribution is 2.19. The predicted molar refractivity (Wildman–Crippen MR) is 99.6 cm³/mol. The minimum atomic E-state index is -0.438. The molecule has 3 N–H and O–H groups in total. The van der Waals surface area contributed by atoms with E-state index in [0.717, 1.165) is 18.5 Å². The third kappa shape index (κ3) is 5.03. The molecule has 0 aromatic heterocycles. The molecule has 2 heterocycles. The van der Waals surface area contributed by atoms with Crippen molar-refractivity contribution in [1.82, 2.24) is 9.80 Å². The molecule has 0 spiro atoms. The van der Waals surface area contributed by atoms with E-state index >= 15 is 0 Å². The number of rotatable bonds is 5. The van der Waals surface area contributed by atoms with Crippen molar-refractivity contribution in [2.24, 2.45) is 11.7 Å². The Morgan fingerprint density at radius 3 is 2.42 bits per heavy atom. The summed E-state index contributed by atoms with van der Waals surface area (Å²) in [6.45, 7) is 4.33. The number of nitrogens with zero attached hydrogens (tertiary/aromatic N) is 2. The Morgan fingerprint density at radius 2 is 1.77 bits per heavy atom. The summed E-state index contributed by atoms with van der Waals surface area (Å²) in [6.07, 6.45) is 1.71. The second-order valence-corrected chi connectivity index (χ2v) is 6.99. The van der Waals surface area contributed by atoms with Gasteiger partial charge in [-0.2, -0.15) is 0 Å². The van der Waals surface area contributed by atoms with E-state index in [1.807, 2.05) is 35.2 Å². The lowest BCUT2D eigenvalue weighted by Gasteiger charge is -2.37. The van der Waals surface area contributed by atoms with E-state index in [2.05, 4.69) is 10.2 Å². The normalized spacial score (nSPS) is 20.6. The zero-order chi connectivity index (χ0) is 18.4. The van der Waals surface area contributed by atoms with Crippen LogP contribution in [-0.2, 0) is 14.3 Å². The molecule has 3 rings (SSSR count). The van der Waals surface area contributed by atoms with Gasteiger partial charge >= 0.3 is 0 Å². The van der Waals surface area contributed by atoms with Crippen molar-refractivity contribution in [2.45, 2.75) is 18.9 Å². The molecule has 142 valence electrons. The van der Waals surface area contributed by atoms with Crippen molar-refractivity contribution in [3.8, 4) is 0 Å². The van der Waals surface area contributed by atoms with Crippen LogP contribution in [0.1, 0.15) is 12.8 Å². The first-order valence-electron chi connectivity index (χ1n) is 9.33. The van der Waals surface area contributed by atoms with Gasteiger partial charge in [0.05, 0.1) is 12.6 Å². The number of piperazine rings is 1. The van der Waals surface area contributed by atoms with Crippen LogP contribution in [0.15, 0.2) is 30.3 Å². The average Bonchev–Trinajstić information content (AvgIpc) is 2.69. The predicted octanol–water partition coefficient (Wildman–Crippen LogP) is 0.523. The Kier molecular flexibility index (Phi) is 6.60. The van der Waals surface area contributed by atoms with Gasteiger partial charge in [-0.3, -0.25) is 14.5 Å². The van der Waals surface area contributed by atoms with Crippen LogP contribution >= 0.6 is 0 Å². The number of amides is 2. The van der Waals surface area contributed by atoms with Gasteiger partial charge in [-0.1, -0.05) is 18.2 Å². The quantitative estimate of drug-likeness (QED) is 0.799. The fraction of sp³-hybridized carbons (Fsp3) is 0.579. The lowest BCUT2D eigenvalue weighted by molar-refractivity contribution is -0.136. The molecule has 0 radical (unpaired) electrons. The van der Waals surface area contributed by atoms with Crippen LogP contribution in [0.25, 0.3) is 0 Å². The molecule has 1 atom stereocenters. The molecule has 1 unspecified atom stereocenters. The number of nitrogens with two attached hydrogens (primary N) is 1. The molecule has 0 saturated carbocycles. The lowest BCUT2D eigenvalue weighted by Crippen LogP contribution is -2.56. The minimum Gasteiger partial charge on any atom is -0.381 e. The first kappa shape index (κ1) is 18.8. The molecular formula is C19H28N4O3. The van der Waals surface area contributed by atoms with E-state index in [1.165, 1.54) is 0 Å². The molecule has 2 amide bonds. The summed E-state index contributed by atoms with van der Waals surface area (Å²) in [5, 5.41) is 2.89. The summed E-state index contributed by atoms with van der Waals surface area (Å²) < 4.78 is 5.34. The molecular weight excluding hydrogens is 332 g/mol. The summed E-state index contributed by atoms with van der Waals surface area (Å²) in [5.74, 6) is 0.214. The molecule has 7 nitrogen and oxygen atoms in total. The van der Waals surface area contributed by atoms with Crippen LogP contribution in [0.3, 0.4) is 0 Å². The summed E-state index contributed by atoms with van der Waals surface area (Å²) in [5.41, 5.74) is 7.00. The van der Waals surface area contributed by atoms with E-state index in [1.54, 1.807) is 0 Å². The number of hydrogen-bond donors (Lipinski definition) is 2. The van der Waals surface area contributed by atoms with Crippen LogP contribution in [0.4, 0.5) is 5.69 Å². The average molecular weight is 360 g/mol. The van der Waals surface area contributed by atoms with Crippen molar-refractivity contribution in [2.75, 3.05) is 51.3 Å². The second-order valence-electron chi connectivity index (χ2n) is 6.99. The van der Waals surface area contributed by atoms with Gasteiger partial charge in [0.15, 0.2) is 0 Å². The lowest BCUT2D eigenvalue weighted by atomic mass is 9.91. The standard InChI is InChI=1S/C19H28N4O3/c20-18(15-6-12-26-13-7-15)19(25)23-10-8-22(9-11-23)14-17(24)21-16-4-2-1-3-5-16/h1-5,15,18H,6-14,20H2,(H,21,24). The van der Waals surface area contributed by atoms with Crippen LogP contribution in [0.2, 0.25) is 0 Å². The Labute approximate surface area is 154 Å². The molecule has 1 aromatic carbocycles. The zero-order valence-corrected chi connectivity index (χ0v) is 15.1. The van der Waals surface area contributed by atoms with Crippen LogP contribution in [0, 0.1) is 5.92 Å². The van der Waals surface area contributed by atoms with Gasteiger partial charge in [0, 0.05) is 45.1 Å². The molecule has 7 heteroatoms. The number of nitrogens with one attached hydrogen (secondary N) is 1. The van der Waals surface area contributed by atoms with E-state index in [9.17, 15) is 9.59 Å². The topological polar surface area (TPSA) is 87.9 Å². The fourth-order valence-electron chi connectivity index (χ4n) is 3.54. The number of para-hydroxylation sites is 1. The van der Waals surface area contributed by atoms with E-state index in [-0.39, 0.29) is 17.7 Å². The Bertz CT molecular complexity index is 596. The molecule has 2 fully saturated rings. The second kappa shape index (κ2) is 9.12. The molecule has 2 saturated heterocycles. The highest BCUT2D eigenvalue weighted by molar-refractivity contribution is 5.92. The number of carbonyl (C=O) groups is 2. The molecule has 2 aliphatic rings. The van der Waals surface area contributed by atoms with Gasteiger partial charge < -0.3 is 20.7 Å². The summed E-state index contributed by atoms with van der Waals surface area (Å²) in [4.78, 5) is 28.7. The monoisotopic (exact) mass is 360 g/mol. The molecule has 1 aromatic rings. The first-order chi connectivity index (χ1) is 12.6. The van der Waals surface area contributed by atoms with Gasteiger partial charge in [-0.15, -0.1) is 0 Å². The minimum absolute atomic E-state index is 0.0325. The SMILES string of the molecule is NC(C(=O)N1CCN(CC(=O)Nc2ccccc2)CC1)C1CCOCC1. The maximum atomic E-state index is 12.6. The number of benzene rings is 1. The Morgan fingerprint density at radius 1 is 1.12 bits per heavy atom. The van der Waals surface area contributed by atoms with E-state index in [0.29, 0.717) is 45.9 Å². The maximum absolute atomic E-state index is 12.6. The number of carbonyl (C=O) groups excluding carboxylic acids is 2. The number of ether oxygens (including phenoxy) is 1. The molecule has 0 aliphatic carbocycles. The molecule has 26 heavy (non-hydrogen) atoms. The van der Waals surface area contributed by atoms with E-state index in [4.69, 9.17) is 10.5 Å². The van der Waals surface area contributed by atoms with Gasteiger partial charge in [-0.25, -0.2) is 0 Å². The maximum Gasteiger partial charge on any atom is 0.239 e. The van der Waals surface area contributed by atoms with Gasteiger partial charge in [0.1, 0.15) is 0 Å². The smallest absolute Gasteiger partial charge is 0.239 e. The Balaban J connectivity index is 1.42. The Hall–Kier alpha value is -1.96. The number of hydrogen-bond acceptors (Lipinski definition) is 5. The third-order valence-electron chi connectivity index (χ3n) is 5.17. The van der Waals surface area contributed by atoms with Crippen molar-refractivity contribution in [1.29, 1.82) is 0 Å². The van der Waals surface area contributed by atoms with Gasteiger partial charge in [0.2, 0.25) is 11.8 Å². The highest BCUT2D eigenvalue weighted by Gasteiger charge is 2.31. The van der Waals surface area contributed by atoms with E-state index < -0.39 is 6.04 Å². The van der Waals surface area contributed by atoms with Gasteiger partial charge in [0.25, 0.3) is 0 Å². The van der Waals surface area contributed by atoms with Crippen molar-refractivity contribution < 1.29 is 14.3 Å². The van der Waals surface area contributed by atoms with Crippen LogP contribution < -0.4 is 11.1 Å². The summed E-state index contributed by atoms with van der Waals surface area (Å²) in [7, 11) is 0.